The molecule has 1 unspecified atom stereocenters. The first-order valence-corrected chi connectivity index (χ1v) is 11.8. The number of amides is 1. The van der Waals surface area contributed by atoms with E-state index in [0.717, 1.165) is 25.9 Å². The lowest BCUT2D eigenvalue weighted by Gasteiger charge is -2.45. The number of carbonyl (C=O) groups is 1. The Kier molecular flexibility index (Phi) is 6.39. The highest BCUT2D eigenvalue weighted by Gasteiger charge is 2.45. The molecule has 156 valence electrons. The van der Waals surface area contributed by atoms with Crippen LogP contribution in [0, 0.1) is 5.92 Å². The van der Waals surface area contributed by atoms with Crippen LogP contribution in [-0.2, 0) is 14.8 Å². The SMILES string of the molecule is CCC1(N2CCN(S(=O)(=O)c3ccccc3Cl)CC2)CCN(C(=O)C(C)C)C1. The average molecular weight is 428 g/mol. The molecule has 2 saturated heterocycles. The maximum Gasteiger partial charge on any atom is 0.244 e. The summed E-state index contributed by atoms with van der Waals surface area (Å²) >= 11 is 6.12. The number of hydrogen-bond donors (Lipinski definition) is 0. The number of hydrogen-bond acceptors (Lipinski definition) is 4. The Bertz CT molecular complexity index is 822. The van der Waals surface area contributed by atoms with Crippen LogP contribution in [0.5, 0.6) is 0 Å². The third-order valence-electron chi connectivity index (χ3n) is 6.16. The number of nitrogens with zero attached hydrogens (tertiary/aromatic N) is 3. The third-order valence-corrected chi connectivity index (χ3v) is 8.56. The van der Waals surface area contributed by atoms with Gasteiger partial charge in [-0.1, -0.05) is 44.5 Å². The first kappa shape index (κ1) is 21.6. The molecule has 0 radical (unpaired) electrons. The molecule has 8 heteroatoms. The van der Waals surface area contributed by atoms with E-state index < -0.39 is 10.0 Å². The van der Waals surface area contributed by atoms with Crippen molar-refractivity contribution >= 4 is 27.5 Å². The van der Waals surface area contributed by atoms with Gasteiger partial charge >= 0.3 is 0 Å². The predicted octanol–water partition coefficient (Wildman–Crippen LogP) is 2.68. The highest BCUT2D eigenvalue weighted by molar-refractivity contribution is 7.89. The summed E-state index contributed by atoms with van der Waals surface area (Å²) in [6.07, 6.45) is 1.89. The van der Waals surface area contributed by atoms with Crippen LogP contribution in [-0.4, -0.2) is 73.2 Å². The summed E-state index contributed by atoms with van der Waals surface area (Å²) in [6.45, 7) is 9.76. The lowest BCUT2D eigenvalue weighted by Crippen LogP contribution is -2.59. The van der Waals surface area contributed by atoms with E-state index in [0.29, 0.717) is 26.2 Å². The zero-order valence-corrected chi connectivity index (χ0v) is 18.5. The molecule has 0 N–H and O–H groups in total. The zero-order chi connectivity index (χ0) is 20.5. The number of piperazine rings is 1. The second-order valence-electron chi connectivity index (χ2n) is 8.06. The maximum atomic E-state index is 13.0. The second kappa shape index (κ2) is 8.30. The molecule has 0 bridgehead atoms. The van der Waals surface area contributed by atoms with Gasteiger partial charge < -0.3 is 4.90 Å². The molecule has 2 aliphatic heterocycles. The third kappa shape index (κ3) is 3.95. The number of rotatable bonds is 5. The van der Waals surface area contributed by atoms with Crippen LogP contribution in [0.1, 0.15) is 33.6 Å². The smallest absolute Gasteiger partial charge is 0.244 e. The molecule has 1 atom stereocenters. The Hall–Kier alpha value is -1.15. The predicted molar refractivity (Wildman–Crippen MR) is 111 cm³/mol. The van der Waals surface area contributed by atoms with E-state index in [-0.39, 0.29) is 27.3 Å². The summed E-state index contributed by atoms with van der Waals surface area (Å²) in [5.74, 6) is 0.209. The molecule has 6 nitrogen and oxygen atoms in total. The molecule has 0 saturated carbocycles. The van der Waals surface area contributed by atoms with Crippen LogP contribution >= 0.6 is 11.6 Å². The summed E-state index contributed by atoms with van der Waals surface area (Å²) in [7, 11) is -3.59. The fourth-order valence-electron chi connectivity index (χ4n) is 4.38. The van der Waals surface area contributed by atoms with Gasteiger partial charge in [-0.25, -0.2) is 8.42 Å². The first-order chi connectivity index (χ1) is 13.2. The lowest BCUT2D eigenvalue weighted by molar-refractivity contribution is -0.134. The first-order valence-electron chi connectivity index (χ1n) is 10.00. The van der Waals surface area contributed by atoms with Gasteiger partial charge in [0, 0.05) is 50.7 Å². The van der Waals surface area contributed by atoms with Crippen molar-refractivity contribution in [2.75, 3.05) is 39.3 Å². The van der Waals surface area contributed by atoms with Crippen LogP contribution in [0.15, 0.2) is 29.2 Å². The molecule has 1 amide bonds. The Morgan fingerprint density at radius 1 is 1.14 bits per heavy atom. The van der Waals surface area contributed by atoms with E-state index in [1.807, 2.05) is 18.7 Å². The van der Waals surface area contributed by atoms with Gasteiger partial charge in [0.05, 0.1) is 5.02 Å². The number of halogens is 1. The van der Waals surface area contributed by atoms with E-state index in [1.165, 1.54) is 4.31 Å². The number of benzene rings is 1. The molecule has 2 aliphatic rings. The fraction of sp³-hybridized carbons (Fsp3) is 0.650. The lowest BCUT2D eigenvalue weighted by atomic mass is 9.92. The molecule has 2 heterocycles. The Morgan fingerprint density at radius 3 is 2.36 bits per heavy atom. The van der Waals surface area contributed by atoms with E-state index in [1.54, 1.807) is 24.3 Å². The van der Waals surface area contributed by atoms with Crippen molar-refractivity contribution in [2.45, 2.75) is 44.0 Å². The van der Waals surface area contributed by atoms with E-state index >= 15 is 0 Å². The van der Waals surface area contributed by atoms with Gasteiger partial charge in [-0.05, 0) is 25.0 Å². The van der Waals surface area contributed by atoms with Gasteiger partial charge in [0.2, 0.25) is 15.9 Å². The minimum atomic E-state index is -3.59. The van der Waals surface area contributed by atoms with Crippen molar-refractivity contribution in [1.82, 2.24) is 14.1 Å². The summed E-state index contributed by atoms with van der Waals surface area (Å²) in [4.78, 5) is 16.9. The highest BCUT2D eigenvalue weighted by Crippen LogP contribution is 2.34. The summed E-state index contributed by atoms with van der Waals surface area (Å²) in [5.41, 5.74) is -0.0508. The van der Waals surface area contributed by atoms with Gasteiger partial charge in [0.15, 0.2) is 0 Å². The molecule has 3 rings (SSSR count). The van der Waals surface area contributed by atoms with Crippen LogP contribution in [0.25, 0.3) is 0 Å². The summed E-state index contributed by atoms with van der Waals surface area (Å²) < 4.78 is 27.5. The quantitative estimate of drug-likeness (QED) is 0.724. The maximum absolute atomic E-state index is 13.0. The Labute approximate surface area is 173 Å². The van der Waals surface area contributed by atoms with Gasteiger partial charge in [0.25, 0.3) is 0 Å². The van der Waals surface area contributed by atoms with Crippen molar-refractivity contribution in [3.05, 3.63) is 29.3 Å². The van der Waals surface area contributed by atoms with Crippen molar-refractivity contribution in [1.29, 1.82) is 0 Å². The summed E-state index contributed by atoms with van der Waals surface area (Å²) in [5, 5.41) is 0.258. The van der Waals surface area contributed by atoms with Gasteiger partial charge in [-0.15, -0.1) is 0 Å². The number of likely N-dealkylation sites (tertiary alicyclic amines) is 1. The average Bonchev–Trinajstić information content (AvgIpc) is 3.13. The number of carbonyl (C=O) groups excluding carboxylic acids is 1. The van der Waals surface area contributed by atoms with Crippen LogP contribution in [0.3, 0.4) is 0 Å². The molecule has 2 fully saturated rings. The van der Waals surface area contributed by atoms with Crippen LogP contribution in [0.2, 0.25) is 5.02 Å². The normalized spacial score (nSPS) is 24.8. The minimum Gasteiger partial charge on any atom is -0.341 e. The van der Waals surface area contributed by atoms with Gasteiger partial charge in [-0.2, -0.15) is 4.31 Å². The van der Waals surface area contributed by atoms with Crippen molar-refractivity contribution < 1.29 is 13.2 Å². The monoisotopic (exact) mass is 427 g/mol. The van der Waals surface area contributed by atoms with E-state index in [2.05, 4.69) is 11.8 Å². The standard InChI is InChI=1S/C20H30ClN3O3S/c1-4-20(9-10-22(15-20)19(25)16(2)3)23-11-13-24(14-12-23)28(26,27)18-8-6-5-7-17(18)21/h5-8,16H,4,9-15H2,1-3H3. The van der Waals surface area contributed by atoms with E-state index in [4.69, 9.17) is 11.6 Å². The van der Waals surface area contributed by atoms with Gasteiger partial charge in [0.1, 0.15) is 4.90 Å². The topological polar surface area (TPSA) is 60.9 Å². The van der Waals surface area contributed by atoms with Crippen LogP contribution in [0.4, 0.5) is 0 Å². The zero-order valence-electron chi connectivity index (χ0n) is 16.9. The fourth-order valence-corrected chi connectivity index (χ4v) is 6.29. The highest BCUT2D eigenvalue weighted by atomic mass is 35.5. The molecule has 1 aromatic rings. The molecular weight excluding hydrogens is 398 g/mol. The van der Waals surface area contributed by atoms with Crippen LogP contribution < -0.4 is 0 Å². The minimum absolute atomic E-state index is 0.00488. The van der Waals surface area contributed by atoms with Gasteiger partial charge in [-0.3, -0.25) is 9.69 Å². The number of sulfonamides is 1. The van der Waals surface area contributed by atoms with Crippen molar-refractivity contribution in [2.24, 2.45) is 5.92 Å². The van der Waals surface area contributed by atoms with E-state index in [9.17, 15) is 13.2 Å². The van der Waals surface area contributed by atoms with Crippen molar-refractivity contribution in [3.8, 4) is 0 Å². The molecule has 28 heavy (non-hydrogen) atoms. The largest absolute Gasteiger partial charge is 0.341 e. The summed E-state index contributed by atoms with van der Waals surface area (Å²) in [6, 6.07) is 6.59. The second-order valence-corrected chi connectivity index (χ2v) is 10.4. The Morgan fingerprint density at radius 2 is 1.79 bits per heavy atom. The Balaban J connectivity index is 1.69. The molecule has 0 spiro atoms. The molecule has 0 aliphatic carbocycles. The molecular formula is C20H30ClN3O3S. The van der Waals surface area contributed by atoms with Crippen molar-refractivity contribution in [3.63, 3.8) is 0 Å². The molecule has 1 aromatic carbocycles. The molecule has 0 aromatic heterocycles.